The molecule has 1 N–H and O–H groups in total. The summed E-state index contributed by atoms with van der Waals surface area (Å²) in [6.07, 6.45) is 5.51. The highest BCUT2D eigenvalue weighted by Crippen LogP contribution is 2.31. The van der Waals surface area contributed by atoms with Crippen molar-refractivity contribution >= 4 is 23.7 Å². The Morgan fingerprint density at radius 1 is 1.43 bits per heavy atom. The van der Waals surface area contributed by atoms with Gasteiger partial charge in [-0.1, -0.05) is 19.1 Å². The minimum absolute atomic E-state index is 0.364. The van der Waals surface area contributed by atoms with E-state index in [-0.39, 0.29) is 0 Å². The summed E-state index contributed by atoms with van der Waals surface area (Å²) in [6.45, 7) is 8.00. The Hall–Kier alpha value is -2.30. The monoisotopic (exact) mass is 315 g/mol. The molecule has 1 heterocycles. The predicted octanol–water partition coefficient (Wildman–Crippen LogP) is 4.00. The van der Waals surface area contributed by atoms with Crippen molar-refractivity contribution in [1.82, 2.24) is 0 Å². The summed E-state index contributed by atoms with van der Waals surface area (Å²) in [5, 5.41) is 2.76. The smallest absolute Gasteiger partial charge is 0.411 e. The van der Waals surface area contributed by atoms with Crippen LogP contribution in [0.1, 0.15) is 32.8 Å². The lowest BCUT2D eigenvalue weighted by atomic mass is 10.1. The summed E-state index contributed by atoms with van der Waals surface area (Å²) < 4.78 is 4.93. The molecule has 5 nitrogen and oxygen atoms in total. The Morgan fingerprint density at radius 2 is 2.26 bits per heavy atom. The van der Waals surface area contributed by atoms with Gasteiger partial charge in [-0.3, -0.25) is 10.3 Å². The number of carbonyl (C=O) groups excluding carboxylic acids is 1. The summed E-state index contributed by atoms with van der Waals surface area (Å²) in [5.41, 5.74) is 4.27. The summed E-state index contributed by atoms with van der Waals surface area (Å²) in [6, 6.07) is 6.00. The van der Waals surface area contributed by atoms with Gasteiger partial charge < -0.3 is 9.64 Å². The Bertz CT molecular complexity index is 608. The number of anilines is 2. The Balaban J connectivity index is 2.11. The normalized spacial score (nSPS) is 14.2. The van der Waals surface area contributed by atoms with Crippen molar-refractivity contribution in [3.05, 3.63) is 35.5 Å². The average Bonchev–Trinajstić information content (AvgIpc) is 2.94. The van der Waals surface area contributed by atoms with Crippen LogP contribution in [0, 0.1) is 0 Å². The number of amides is 1. The van der Waals surface area contributed by atoms with Gasteiger partial charge in [0.2, 0.25) is 0 Å². The summed E-state index contributed by atoms with van der Waals surface area (Å²) in [5.74, 6) is 0. The van der Waals surface area contributed by atoms with Gasteiger partial charge in [0.1, 0.15) is 0 Å². The number of benzene rings is 1. The highest BCUT2D eigenvalue weighted by atomic mass is 16.5. The van der Waals surface area contributed by atoms with E-state index in [1.54, 1.807) is 6.92 Å². The summed E-state index contributed by atoms with van der Waals surface area (Å²) >= 11 is 0. The number of carbonyl (C=O) groups is 1. The minimum atomic E-state index is -0.418. The molecule has 0 fully saturated rings. The second kappa shape index (κ2) is 8.36. The maximum absolute atomic E-state index is 11.6. The van der Waals surface area contributed by atoms with Crippen LogP contribution in [0.15, 0.2) is 35.0 Å². The standard InChI is InChI=1S/C18H25N3O2/c1-4-10-19-15(5-2)13-21-11-9-14-7-8-16(12-17(14)21)20-18(22)23-6-3/h5,7-8,10,12H,4,6,9,11,13H2,1-3H3,(H,20,22)/b15-5-,19-10?. The molecule has 0 saturated heterocycles. The van der Waals surface area contributed by atoms with Crippen molar-refractivity contribution < 1.29 is 9.53 Å². The van der Waals surface area contributed by atoms with Crippen LogP contribution in [-0.2, 0) is 11.2 Å². The van der Waals surface area contributed by atoms with Crippen LogP contribution in [0.4, 0.5) is 16.2 Å². The molecule has 0 spiro atoms. The first-order chi connectivity index (χ1) is 11.2. The van der Waals surface area contributed by atoms with Crippen LogP contribution in [-0.4, -0.2) is 32.0 Å². The van der Waals surface area contributed by atoms with Crippen LogP contribution >= 0.6 is 0 Å². The third-order valence-electron chi connectivity index (χ3n) is 3.72. The molecule has 1 amide bonds. The van der Waals surface area contributed by atoms with Crippen molar-refractivity contribution in [2.45, 2.75) is 33.6 Å². The van der Waals surface area contributed by atoms with Gasteiger partial charge in [0.15, 0.2) is 0 Å². The fourth-order valence-corrected chi connectivity index (χ4v) is 2.58. The van der Waals surface area contributed by atoms with E-state index in [1.807, 2.05) is 31.3 Å². The van der Waals surface area contributed by atoms with Gasteiger partial charge in [-0.05, 0) is 44.4 Å². The molecule has 0 atom stereocenters. The zero-order valence-corrected chi connectivity index (χ0v) is 14.1. The Kier molecular flexibility index (Phi) is 6.20. The van der Waals surface area contributed by atoms with Crippen molar-refractivity contribution in [3.8, 4) is 0 Å². The largest absolute Gasteiger partial charge is 0.450 e. The van der Waals surface area contributed by atoms with E-state index in [2.05, 4.69) is 28.2 Å². The third kappa shape index (κ3) is 4.58. The molecule has 0 saturated carbocycles. The molecule has 1 aliphatic rings. The number of rotatable bonds is 6. The van der Waals surface area contributed by atoms with Crippen LogP contribution in [0.25, 0.3) is 0 Å². The molecular formula is C18H25N3O2. The first-order valence-corrected chi connectivity index (χ1v) is 8.17. The SMILES string of the molecule is C/C=C(/CN1CCc2ccc(NC(=O)OCC)cc21)N=CCC. The first-order valence-electron chi connectivity index (χ1n) is 8.17. The number of aliphatic imine (C=N–C) groups is 1. The van der Waals surface area contributed by atoms with Gasteiger partial charge in [0, 0.05) is 24.1 Å². The number of hydrogen-bond donors (Lipinski definition) is 1. The van der Waals surface area contributed by atoms with Gasteiger partial charge in [-0.25, -0.2) is 4.79 Å². The van der Waals surface area contributed by atoms with E-state index in [9.17, 15) is 4.79 Å². The zero-order chi connectivity index (χ0) is 16.7. The quantitative estimate of drug-likeness (QED) is 0.807. The van der Waals surface area contributed by atoms with Crippen molar-refractivity contribution in [3.63, 3.8) is 0 Å². The maximum Gasteiger partial charge on any atom is 0.411 e. The van der Waals surface area contributed by atoms with E-state index < -0.39 is 6.09 Å². The van der Waals surface area contributed by atoms with Crippen LogP contribution in [0.3, 0.4) is 0 Å². The number of nitrogens with zero attached hydrogens (tertiary/aromatic N) is 2. The lowest BCUT2D eigenvalue weighted by Crippen LogP contribution is -2.23. The summed E-state index contributed by atoms with van der Waals surface area (Å²) in [4.78, 5) is 18.4. The lowest BCUT2D eigenvalue weighted by Gasteiger charge is -2.20. The summed E-state index contributed by atoms with van der Waals surface area (Å²) in [7, 11) is 0. The zero-order valence-electron chi connectivity index (χ0n) is 14.1. The molecule has 2 rings (SSSR count). The van der Waals surface area contributed by atoms with Gasteiger partial charge in [-0.2, -0.15) is 0 Å². The molecule has 5 heteroatoms. The fourth-order valence-electron chi connectivity index (χ4n) is 2.58. The van der Waals surface area contributed by atoms with Gasteiger partial charge in [-0.15, -0.1) is 0 Å². The minimum Gasteiger partial charge on any atom is -0.450 e. The van der Waals surface area contributed by atoms with E-state index >= 15 is 0 Å². The molecule has 0 aromatic heterocycles. The molecule has 23 heavy (non-hydrogen) atoms. The molecule has 0 unspecified atom stereocenters. The first kappa shape index (κ1) is 17.1. The number of hydrogen-bond acceptors (Lipinski definition) is 4. The van der Waals surface area contributed by atoms with Crippen molar-refractivity contribution in [2.24, 2.45) is 4.99 Å². The van der Waals surface area contributed by atoms with E-state index in [0.717, 1.165) is 43.0 Å². The highest BCUT2D eigenvalue weighted by Gasteiger charge is 2.20. The number of ether oxygens (including phenoxy) is 1. The highest BCUT2D eigenvalue weighted by molar-refractivity contribution is 5.86. The molecule has 1 aromatic carbocycles. The van der Waals surface area contributed by atoms with E-state index in [0.29, 0.717) is 6.61 Å². The molecular weight excluding hydrogens is 290 g/mol. The number of nitrogens with one attached hydrogen (secondary N) is 1. The van der Waals surface area contributed by atoms with Crippen molar-refractivity contribution in [1.29, 1.82) is 0 Å². The third-order valence-corrected chi connectivity index (χ3v) is 3.72. The molecule has 1 aliphatic heterocycles. The van der Waals surface area contributed by atoms with Crippen LogP contribution in [0.2, 0.25) is 0 Å². The van der Waals surface area contributed by atoms with Gasteiger partial charge in [0.05, 0.1) is 18.8 Å². The second-order valence-corrected chi connectivity index (χ2v) is 5.36. The number of allylic oxidation sites excluding steroid dienone is 1. The van der Waals surface area contributed by atoms with Gasteiger partial charge in [0.25, 0.3) is 0 Å². The Labute approximate surface area is 138 Å². The van der Waals surface area contributed by atoms with E-state index in [1.165, 1.54) is 5.56 Å². The molecule has 0 bridgehead atoms. The second-order valence-electron chi connectivity index (χ2n) is 5.36. The topological polar surface area (TPSA) is 53.9 Å². The predicted molar refractivity (Wildman–Crippen MR) is 95.5 cm³/mol. The maximum atomic E-state index is 11.6. The fraction of sp³-hybridized carbons (Fsp3) is 0.444. The van der Waals surface area contributed by atoms with Crippen molar-refractivity contribution in [2.75, 3.05) is 29.9 Å². The molecule has 0 aliphatic carbocycles. The van der Waals surface area contributed by atoms with Crippen LogP contribution < -0.4 is 10.2 Å². The number of fused-ring (bicyclic) bond motifs is 1. The lowest BCUT2D eigenvalue weighted by molar-refractivity contribution is 0.168. The molecule has 124 valence electrons. The van der Waals surface area contributed by atoms with E-state index in [4.69, 9.17) is 4.74 Å². The van der Waals surface area contributed by atoms with Crippen LogP contribution in [0.5, 0.6) is 0 Å². The average molecular weight is 315 g/mol. The van der Waals surface area contributed by atoms with Gasteiger partial charge >= 0.3 is 6.09 Å². The Morgan fingerprint density at radius 3 is 2.96 bits per heavy atom. The molecule has 1 aromatic rings. The molecule has 0 radical (unpaired) electrons.